The first kappa shape index (κ1) is 8.75. The van der Waals surface area contributed by atoms with Crippen molar-refractivity contribution in [2.24, 2.45) is 0 Å². The second-order valence-electron chi connectivity index (χ2n) is 3.88. The van der Waals surface area contributed by atoms with Gasteiger partial charge in [0.05, 0.1) is 5.69 Å². The normalized spacial score (nSPS) is 23.4. The number of imidazole rings is 1. The number of aromatic nitrogens is 2. The smallest absolute Gasteiger partial charge is 0.103 e. The quantitative estimate of drug-likeness (QED) is 0.685. The van der Waals surface area contributed by atoms with Crippen LogP contribution in [0, 0.1) is 13.8 Å². The third-order valence-electron chi connectivity index (χ3n) is 2.72. The Balaban J connectivity index is 2.18. The molecule has 0 amide bonds. The van der Waals surface area contributed by atoms with E-state index in [0.717, 1.165) is 12.4 Å². The van der Waals surface area contributed by atoms with Crippen LogP contribution in [0.1, 0.15) is 36.0 Å². The van der Waals surface area contributed by atoms with Gasteiger partial charge < -0.3 is 10.3 Å². The number of piperidine rings is 1. The average molecular weight is 179 g/mol. The number of nitrogens with zero attached hydrogens (tertiary/aromatic N) is 1. The fraction of sp³-hybridized carbons (Fsp3) is 0.700. The number of hydrogen-bond donors (Lipinski definition) is 2. The zero-order valence-corrected chi connectivity index (χ0v) is 8.35. The lowest BCUT2D eigenvalue weighted by Gasteiger charge is -2.21. The van der Waals surface area contributed by atoms with E-state index >= 15 is 0 Å². The van der Waals surface area contributed by atoms with Crippen molar-refractivity contribution in [2.45, 2.75) is 32.6 Å². The molecule has 1 aromatic heterocycles. The van der Waals surface area contributed by atoms with E-state index in [1.54, 1.807) is 0 Å². The molecule has 2 N–H and O–H groups in total. The molecule has 0 radical (unpaired) electrons. The van der Waals surface area contributed by atoms with Gasteiger partial charge in [0.15, 0.2) is 0 Å². The van der Waals surface area contributed by atoms with Gasteiger partial charge in [-0.1, -0.05) is 0 Å². The van der Waals surface area contributed by atoms with E-state index in [0.29, 0.717) is 5.92 Å². The van der Waals surface area contributed by atoms with Crippen molar-refractivity contribution in [3.8, 4) is 0 Å². The highest BCUT2D eigenvalue weighted by molar-refractivity contribution is 5.18. The molecule has 2 rings (SSSR count). The molecule has 72 valence electrons. The van der Waals surface area contributed by atoms with Crippen LogP contribution < -0.4 is 5.32 Å². The molecule has 1 aliphatic rings. The van der Waals surface area contributed by atoms with Crippen LogP contribution in [0.15, 0.2) is 0 Å². The molecule has 3 nitrogen and oxygen atoms in total. The molecule has 3 heteroatoms. The minimum Gasteiger partial charge on any atom is -0.346 e. The topological polar surface area (TPSA) is 40.7 Å². The van der Waals surface area contributed by atoms with Gasteiger partial charge in [-0.25, -0.2) is 4.98 Å². The second kappa shape index (κ2) is 3.50. The molecule has 0 bridgehead atoms. The van der Waals surface area contributed by atoms with Crippen molar-refractivity contribution < 1.29 is 0 Å². The molecule has 0 aliphatic carbocycles. The zero-order chi connectivity index (χ0) is 9.26. The molecule has 1 unspecified atom stereocenters. The Morgan fingerprint density at radius 1 is 1.38 bits per heavy atom. The molecule has 0 spiro atoms. The number of aryl methyl sites for hydroxylation is 2. The summed E-state index contributed by atoms with van der Waals surface area (Å²) < 4.78 is 0. The van der Waals surface area contributed by atoms with Crippen LogP contribution in [0.25, 0.3) is 0 Å². The lowest BCUT2D eigenvalue weighted by molar-refractivity contribution is 0.454. The SMILES string of the molecule is Cc1nc(C2CCCNC2)c(C)[nH]1. The van der Waals surface area contributed by atoms with Crippen molar-refractivity contribution in [1.82, 2.24) is 15.3 Å². The van der Waals surface area contributed by atoms with Crippen LogP contribution >= 0.6 is 0 Å². The van der Waals surface area contributed by atoms with Crippen molar-refractivity contribution in [1.29, 1.82) is 0 Å². The van der Waals surface area contributed by atoms with Gasteiger partial charge in [-0.15, -0.1) is 0 Å². The Morgan fingerprint density at radius 2 is 2.23 bits per heavy atom. The Morgan fingerprint density at radius 3 is 2.77 bits per heavy atom. The number of aromatic amines is 1. The molecule has 0 saturated carbocycles. The van der Waals surface area contributed by atoms with Crippen LogP contribution in [0.2, 0.25) is 0 Å². The highest BCUT2D eigenvalue weighted by Crippen LogP contribution is 2.23. The maximum Gasteiger partial charge on any atom is 0.103 e. The van der Waals surface area contributed by atoms with Gasteiger partial charge in [0.2, 0.25) is 0 Å². The highest BCUT2D eigenvalue weighted by Gasteiger charge is 2.19. The van der Waals surface area contributed by atoms with Gasteiger partial charge in [-0.3, -0.25) is 0 Å². The van der Waals surface area contributed by atoms with E-state index in [4.69, 9.17) is 0 Å². The Bertz CT molecular complexity index is 284. The van der Waals surface area contributed by atoms with E-state index in [2.05, 4.69) is 22.2 Å². The number of hydrogen-bond acceptors (Lipinski definition) is 2. The summed E-state index contributed by atoms with van der Waals surface area (Å²) in [6.07, 6.45) is 2.55. The summed E-state index contributed by atoms with van der Waals surface area (Å²) in [6, 6.07) is 0. The summed E-state index contributed by atoms with van der Waals surface area (Å²) in [7, 11) is 0. The van der Waals surface area contributed by atoms with Crippen molar-refractivity contribution >= 4 is 0 Å². The van der Waals surface area contributed by atoms with Crippen molar-refractivity contribution in [3.05, 3.63) is 17.2 Å². The third-order valence-corrected chi connectivity index (χ3v) is 2.72. The van der Waals surface area contributed by atoms with Crippen LogP contribution in [-0.4, -0.2) is 23.1 Å². The Labute approximate surface area is 79.0 Å². The summed E-state index contributed by atoms with van der Waals surface area (Å²) >= 11 is 0. The third kappa shape index (κ3) is 1.75. The van der Waals surface area contributed by atoms with Gasteiger partial charge in [0.25, 0.3) is 0 Å². The molecule has 1 aromatic rings. The number of nitrogens with one attached hydrogen (secondary N) is 2. The largest absolute Gasteiger partial charge is 0.346 e. The van der Waals surface area contributed by atoms with E-state index in [1.807, 2.05) is 6.92 Å². The minimum absolute atomic E-state index is 0.624. The van der Waals surface area contributed by atoms with Gasteiger partial charge in [0.1, 0.15) is 5.82 Å². The van der Waals surface area contributed by atoms with Crippen molar-refractivity contribution in [3.63, 3.8) is 0 Å². The molecule has 1 saturated heterocycles. The fourth-order valence-corrected chi connectivity index (χ4v) is 2.11. The molecule has 0 aromatic carbocycles. The predicted octanol–water partition coefficient (Wildman–Crippen LogP) is 1.49. The molecular formula is C10H17N3. The fourth-order valence-electron chi connectivity index (χ4n) is 2.11. The molecule has 2 heterocycles. The Hall–Kier alpha value is -0.830. The van der Waals surface area contributed by atoms with Crippen LogP contribution in [0.5, 0.6) is 0 Å². The van der Waals surface area contributed by atoms with Gasteiger partial charge in [-0.2, -0.15) is 0 Å². The van der Waals surface area contributed by atoms with Gasteiger partial charge >= 0.3 is 0 Å². The molecular weight excluding hydrogens is 162 g/mol. The highest BCUT2D eigenvalue weighted by atomic mass is 14.9. The molecule has 1 aliphatic heterocycles. The first-order chi connectivity index (χ1) is 6.27. The molecule has 1 atom stereocenters. The van der Waals surface area contributed by atoms with Gasteiger partial charge in [-0.05, 0) is 33.2 Å². The first-order valence-electron chi connectivity index (χ1n) is 5.01. The van der Waals surface area contributed by atoms with Crippen LogP contribution in [0.3, 0.4) is 0 Å². The molecule has 13 heavy (non-hydrogen) atoms. The lowest BCUT2D eigenvalue weighted by Crippen LogP contribution is -2.28. The number of H-pyrrole nitrogens is 1. The van der Waals surface area contributed by atoms with Crippen LogP contribution in [0.4, 0.5) is 0 Å². The monoisotopic (exact) mass is 179 g/mol. The van der Waals surface area contributed by atoms with Crippen molar-refractivity contribution in [2.75, 3.05) is 13.1 Å². The standard InChI is InChI=1S/C10H17N3/c1-7-10(13-8(2)12-7)9-4-3-5-11-6-9/h9,11H,3-6H2,1-2H3,(H,12,13). The Kier molecular flexibility index (Phi) is 2.36. The van der Waals surface area contributed by atoms with Gasteiger partial charge in [0, 0.05) is 18.2 Å². The van der Waals surface area contributed by atoms with E-state index < -0.39 is 0 Å². The summed E-state index contributed by atoms with van der Waals surface area (Å²) in [5.74, 6) is 1.66. The maximum atomic E-state index is 4.54. The van der Waals surface area contributed by atoms with E-state index in [1.165, 1.54) is 30.8 Å². The summed E-state index contributed by atoms with van der Waals surface area (Å²) in [5, 5.41) is 3.42. The van der Waals surface area contributed by atoms with Crippen LogP contribution in [-0.2, 0) is 0 Å². The minimum atomic E-state index is 0.624. The first-order valence-corrected chi connectivity index (χ1v) is 5.01. The lowest BCUT2D eigenvalue weighted by atomic mass is 9.95. The molecule has 1 fully saturated rings. The van der Waals surface area contributed by atoms with E-state index in [-0.39, 0.29) is 0 Å². The summed E-state index contributed by atoms with van der Waals surface area (Å²) in [5.41, 5.74) is 2.51. The predicted molar refractivity (Wildman–Crippen MR) is 52.9 cm³/mol. The second-order valence-corrected chi connectivity index (χ2v) is 3.88. The maximum absolute atomic E-state index is 4.54. The number of rotatable bonds is 1. The average Bonchev–Trinajstić information content (AvgIpc) is 2.47. The summed E-state index contributed by atoms with van der Waals surface area (Å²) in [6.45, 7) is 6.39. The summed E-state index contributed by atoms with van der Waals surface area (Å²) in [4.78, 5) is 7.80. The van der Waals surface area contributed by atoms with E-state index in [9.17, 15) is 0 Å². The zero-order valence-electron chi connectivity index (χ0n) is 8.35.